The largest absolute Gasteiger partial charge is 0.695 e. The van der Waals surface area contributed by atoms with E-state index in [4.69, 9.17) is 15.0 Å². The summed E-state index contributed by atoms with van der Waals surface area (Å²) in [5, 5.41) is 0. The van der Waals surface area contributed by atoms with E-state index in [1.54, 1.807) is 34.6 Å². The fourth-order valence-corrected chi connectivity index (χ4v) is 2.33. The molecule has 3 aromatic rings. The van der Waals surface area contributed by atoms with Crippen molar-refractivity contribution in [3.8, 4) is 5.88 Å². The van der Waals surface area contributed by atoms with Crippen molar-refractivity contribution in [2.45, 2.75) is 6.61 Å². The topological polar surface area (TPSA) is 140 Å². The molecule has 4 N–H and O–H groups in total. The van der Waals surface area contributed by atoms with Crippen LogP contribution in [0.1, 0.15) is 5.76 Å². The Hall–Kier alpha value is -2.55. The van der Waals surface area contributed by atoms with Gasteiger partial charge in [0, 0.05) is 10.6 Å². The molecule has 0 amide bonds. The molecule has 0 fully saturated rings. The number of imidazole rings is 1. The Balaban J connectivity index is 2.07. The molecule has 114 valence electrons. The summed E-state index contributed by atoms with van der Waals surface area (Å²) >= 11 is 0. The van der Waals surface area contributed by atoms with Crippen molar-refractivity contribution >= 4 is 25.4 Å². The summed E-state index contributed by atoms with van der Waals surface area (Å²) in [6.07, 6.45) is 1.61. The van der Waals surface area contributed by atoms with E-state index in [0.717, 1.165) is 0 Å². The Morgan fingerprint density at radius 1 is 1.59 bits per heavy atom. The summed E-state index contributed by atoms with van der Waals surface area (Å²) in [6.45, 7) is -0.146. The number of hydrogen-bond donors (Lipinski definition) is 3. The third-order valence-electron chi connectivity index (χ3n) is 2.97. The van der Waals surface area contributed by atoms with Crippen LogP contribution in [0.5, 0.6) is 0 Å². The van der Waals surface area contributed by atoms with Gasteiger partial charge < -0.3 is 10.2 Å². The fraction of sp³-hybridized carbons (Fsp3) is 0.182. The van der Waals surface area contributed by atoms with Crippen LogP contribution in [0, 0.1) is 0 Å². The summed E-state index contributed by atoms with van der Waals surface area (Å²) < 4.78 is 23.7. The molecule has 1 atom stereocenters. The van der Waals surface area contributed by atoms with Gasteiger partial charge in [-0.15, -0.1) is 9.42 Å². The zero-order chi connectivity index (χ0) is 15.9. The van der Waals surface area contributed by atoms with Gasteiger partial charge in [0.15, 0.2) is 12.9 Å². The number of aryl methyl sites for hydroxylation is 1. The number of aromatic nitrogens is 4. The summed E-state index contributed by atoms with van der Waals surface area (Å²) in [4.78, 5) is 27.1. The van der Waals surface area contributed by atoms with Gasteiger partial charge in [-0.3, -0.25) is 14.3 Å². The van der Waals surface area contributed by atoms with Crippen molar-refractivity contribution in [2.24, 2.45) is 7.05 Å². The summed E-state index contributed by atoms with van der Waals surface area (Å²) in [5.74, 6) is 0.717. The number of rotatable bonds is 4. The number of nitrogens with one attached hydrogen (secondary N) is 1. The molecular weight excluding hydrogens is 313 g/mol. The summed E-state index contributed by atoms with van der Waals surface area (Å²) in [6, 6.07) is 3.22. The number of fused-ring (bicyclic) bond motifs is 1. The lowest BCUT2D eigenvalue weighted by molar-refractivity contribution is -0.584. The highest BCUT2D eigenvalue weighted by molar-refractivity contribution is 7.32. The predicted octanol–water partition coefficient (Wildman–Crippen LogP) is -0.120. The predicted molar refractivity (Wildman–Crippen MR) is 74.2 cm³/mol. The van der Waals surface area contributed by atoms with E-state index in [-0.39, 0.29) is 18.1 Å². The molecule has 0 radical (unpaired) electrons. The Bertz CT molecular complexity index is 927. The van der Waals surface area contributed by atoms with Crippen LogP contribution in [0.25, 0.3) is 17.0 Å². The zero-order valence-corrected chi connectivity index (χ0v) is 12.3. The molecule has 1 unspecified atom stereocenters. The van der Waals surface area contributed by atoms with Crippen molar-refractivity contribution in [1.82, 2.24) is 14.5 Å². The maximum absolute atomic E-state index is 11.9. The molecule has 0 saturated heterocycles. The number of nitrogens with two attached hydrogens (primary N) is 1. The number of nitrogen functional groups attached to an aromatic ring is 1. The van der Waals surface area contributed by atoms with E-state index < -0.39 is 8.25 Å². The number of H-pyrrole nitrogens is 1. The second-order valence-electron chi connectivity index (χ2n) is 4.47. The van der Waals surface area contributed by atoms with Crippen LogP contribution < -0.4 is 15.9 Å². The monoisotopic (exact) mass is 325 g/mol. The molecule has 3 aromatic heterocycles. The average Bonchev–Trinajstić information content (AvgIpc) is 3.01. The summed E-state index contributed by atoms with van der Waals surface area (Å²) in [7, 11) is -1.01. The fourth-order valence-electron chi connectivity index (χ4n) is 2.10. The van der Waals surface area contributed by atoms with Crippen molar-refractivity contribution in [3.05, 3.63) is 34.6 Å². The van der Waals surface area contributed by atoms with Crippen LogP contribution in [-0.2, 0) is 22.7 Å². The van der Waals surface area contributed by atoms with Gasteiger partial charge in [0.2, 0.25) is 5.52 Å². The first-order chi connectivity index (χ1) is 10.5. The highest BCUT2D eigenvalue weighted by Gasteiger charge is 2.23. The molecular formula is C11H12N5O5P+2. The Morgan fingerprint density at radius 3 is 3.09 bits per heavy atom. The first kappa shape index (κ1) is 14.4. The highest BCUT2D eigenvalue weighted by atomic mass is 31.1. The van der Waals surface area contributed by atoms with Crippen LogP contribution in [0.3, 0.4) is 0 Å². The maximum atomic E-state index is 11.9. The van der Waals surface area contributed by atoms with Gasteiger partial charge in [0.05, 0.1) is 7.05 Å². The molecule has 0 aromatic carbocycles. The molecule has 11 heteroatoms. The van der Waals surface area contributed by atoms with Gasteiger partial charge in [0.1, 0.15) is 5.76 Å². The SMILES string of the molecule is Cn1c[n+](-c2ccc(CO[P+](=O)O)o2)c2nc(N)[nH]c(=O)c21. The Morgan fingerprint density at radius 2 is 2.36 bits per heavy atom. The van der Waals surface area contributed by atoms with E-state index in [1.807, 2.05) is 0 Å². The quantitative estimate of drug-likeness (QED) is 0.448. The minimum Gasteiger partial charge on any atom is -0.430 e. The molecule has 3 heterocycles. The maximum Gasteiger partial charge on any atom is 0.695 e. The van der Waals surface area contributed by atoms with Crippen molar-refractivity contribution < 1.29 is 23.0 Å². The van der Waals surface area contributed by atoms with Crippen molar-refractivity contribution in [1.29, 1.82) is 0 Å². The Kier molecular flexibility index (Phi) is 3.49. The van der Waals surface area contributed by atoms with E-state index in [2.05, 4.69) is 14.5 Å². The lowest BCUT2D eigenvalue weighted by Gasteiger charge is -1.92. The van der Waals surface area contributed by atoms with E-state index in [0.29, 0.717) is 22.8 Å². The van der Waals surface area contributed by atoms with Gasteiger partial charge in [-0.25, -0.2) is 0 Å². The molecule has 22 heavy (non-hydrogen) atoms. The van der Waals surface area contributed by atoms with Crippen LogP contribution in [-0.4, -0.2) is 19.4 Å². The van der Waals surface area contributed by atoms with Crippen molar-refractivity contribution in [2.75, 3.05) is 5.73 Å². The third-order valence-corrected chi connectivity index (χ3v) is 3.32. The lowest BCUT2D eigenvalue weighted by Crippen LogP contribution is -2.30. The minimum atomic E-state index is -2.70. The average molecular weight is 325 g/mol. The van der Waals surface area contributed by atoms with Crippen molar-refractivity contribution in [3.63, 3.8) is 0 Å². The number of hydrogen-bond acceptors (Lipinski definition) is 6. The van der Waals surface area contributed by atoms with Crippen LogP contribution in [0.2, 0.25) is 0 Å². The Labute approximate surface area is 123 Å². The molecule has 0 bridgehead atoms. The smallest absolute Gasteiger partial charge is 0.430 e. The molecule has 3 rings (SSSR count). The van der Waals surface area contributed by atoms with E-state index in [1.165, 1.54) is 0 Å². The first-order valence-electron chi connectivity index (χ1n) is 6.10. The second kappa shape index (κ2) is 5.34. The van der Waals surface area contributed by atoms with Gasteiger partial charge in [-0.2, -0.15) is 4.57 Å². The normalized spacial score (nSPS) is 12.0. The van der Waals surface area contributed by atoms with Crippen LogP contribution in [0.4, 0.5) is 5.95 Å². The van der Waals surface area contributed by atoms with E-state index >= 15 is 0 Å². The third kappa shape index (κ3) is 2.50. The molecule has 0 aliphatic rings. The van der Waals surface area contributed by atoms with E-state index in [9.17, 15) is 9.36 Å². The van der Waals surface area contributed by atoms with Gasteiger partial charge in [-0.1, -0.05) is 4.98 Å². The minimum absolute atomic E-state index is 0.00941. The number of aromatic amines is 1. The van der Waals surface area contributed by atoms with Crippen LogP contribution in [0.15, 0.2) is 27.7 Å². The molecule has 0 spiro atoms. The van der Waals surface area contributed by atoms with Gasteiger partial charge in [0.25, 0.3) is 17.4 Å². The van der Waals surface area contributed by atoms with Crippen LogP contribution >= 0.6 is 8.25 Å². The molecule has 0 saturated carbocycles. The first-order valence-corrected chi connectivity index (χ1v) is 7.23. The number of furan rings is 1. The molecule has 10 nitrogen and oxygen atoms in total. The van der Waals surface area contributed by atoms with Gasteiger partial charge >= 0.3 is 13.9 Å². The lowest BCUT2D eigenvalue weighted by atomic mass is 10.5. The second-order valence-corrected chi connectivity index (χ2v) is 5.20. The molecule has 0 aliphatic heterocycles. The number of anilines is 1. The number of nitrogens with zero attached hydrogens (tertiary/aromatic N) is 3. The summed E-state index contributed by atoms with van der Waals surface area (Å²) in [5.41, 5.74) is 5.87. The standard InChI is InChI=1S/C11H10N5O5P/c1-15-5-16(9-8(15)10(17)14-11(12)13-9)7-3-2-6(21-7)4-20-22(18)19/h2-3,5H,4H2,1H3,(H2-2,12,13,14,17,18,19)/p+2. The highest BCUT2D eigenvalue weighted by Crippen LogP contribution is 2.19. The van der Waals surface area contributed by atoms with Gasteiger partial charge in [-0.05, 0) is 6.07 Å². The zero-order valence-electron chi connectivity index (χ0n) is 11.4. The molecule has 0 aliphatic carbocycles.